The third kappa shape index (κ3) is 12.4. The van der Waals surface area contributed by atoms with E-state index in [1.165, 1.54) is 5.06 Å². The second-order valence-corrected chi connectivity index (χ2v) is 10.1. The van der Waals surface area contributed by atoms with Crippen LogP contribution in [0.15, 0.2) is 47.1 Å². The maximum atomic E-state index is 13.1. The molecule has 1 aromatic carbocycles. The lowest BCUT2D eigenvalue weighted by atomic mass is 10.0. The van der Waals surface area contributed by atoms with E-state index in [-0.39, 0.29) is 50.8 Å². The molecule has 3 rings (SSSR count). The number of ether oxygens (including phenoxy) is 3. The Morgan fingerprint density at radius 2 is 1.64 bits per heavy atom. The van der Waals surface area contributed by atoms with Gasteiger partial charge in [-0.1, -0.05) is 25.1 Å². The first-order valence-corrected chi connectivity index (χ1v) is 15.1. The summed E-state index contributed by atoms with van der Waals surface area (Å²) in [5.41, 5.74) is 10.6. The fourth-order valence-electron chi connectivity index (χ4n) is 4.29. The summed E-state index contributed by atoms with van der Waals surface area (Å²) in [5, 5.41) is 12.8. The fourth-order valence-corrected chi connectivity index (χ4v) is 4.29. The molecular formula is C32H43N5O8. The Bertz CT molecular complexity index is 1320. The number of benzene rings is 1. The van der Waals surface area contributed by atoms with Gasteiger partial charge in [-0.25, -0.2) is 10.1 Å². The van der Waals surface area contributed by atoms with Gasteiger partial charge in [0.25, 0.3) is 5.91 Å². The number of hydrogen-bond acceptors (Lipinski definition) is 10. The smallest absolute Gasteiger partial charge is 0.305 e. The highest BCUT2D eigenvalue weighted by Gasteiger charge is 2.22. The predicted molar refractivity (Wildman–Crippen MR) is 168 cm³/mol. The third-order valence-electron chi connectivity index (χ3n) is 6.51. The molecule has 0 aliphatic carbocycles. The molecule has 0 fully saturated rings. The Kier molecular flexibility index (Phi) is 15.1. The summed E-state index contributed by atoms with van der Waals surface area (Å²) in [6.45, 7) is 6.77. The van der Waals surface area contributed by atoms with Gasteiger partial charge in [-0.2, -0.15) is 0 Å². The van der Waals surface area contributed by atoms with Crippen LogP contribution in [-0.4, -0.2) is 91.6 Å². The van der Waals surface area contributed by atoms with Gasteiger partial charge in [0.2, 0.25) is 5.91 Å². The summed E-state index contributed by atoms with van der Waals surface area (Å²) in [5.74, 6) is -0.921. The average Bonchev–Trinajstić information content (AvgIpc) is 3.19. The van der Waals surface area contributed by atoms with Crippen LogP contribution in [0, 0.1) is 0 Å². The Balaban J connectivity index is 1.44. The van der Waals surface area contributed by atoms with Crippen LogP contribution in [0.2, 0.25) is 0 Å². The minimum atomic E-state index is -0.899. The monoisotopic (exact) mass is 625 g/mol. The topological polar surface area (TPSA) is 175 Å². The number of pyridine rings is 1. The number of nitrogens with two attached hydrogens (primary N) is 1. The zero-order valence-corrected chi connectivity index (χ0v) is 26.0. The summed E-state index contributed by atoms with van der Waals surface area (Å²) in [6, 6.07) is 9.55. The highest BCUT2D eigenvalue weighted by molar-refractivity contribution is 6.05. The molecule has 1 aliphatic heterocycles. The lowest BCUT2D eigenvalue weighted by Gasteiger charge is -2.21. The van der Waals surface area contributed by atoms with Crippen molar-refractivity contribution in [2.24, 2.45) is 10.7 Å². The van der Waals surface area contributed by atoms with Crippen molar-refractivity contribution in [3.05, 3.63) is 53.4 Å². The van der Waals surface area contributed by atoms with Crippen molar-refractivity contribution < 1.29 is 38.5 Å². The molecule has 1 aliphatic rings. The largest absolute Gasteiger partial charge is 0.481 e. The number of carboxylic acids is 1. The molecule has 244 valence electrons. The molecule has 2 amide bonds. The van der Waals surface area contributed by atoms with E-state index in [1.54, 1.807) is 6.20 Å². The van der Waals surface area contributed by atoms with Gasteiger partial charge in [0.05, 0.1) is 70.6 Å². The number of amides is 2. The Morgan fingerprint density at radius 1 is 0.956 bits per heavy atom. The first kappa shape index (κ1) is 35.3. The van der Waals surface area contributed by atoms with Crippen LogP contribution in [0.25, 0.3) is 17.2 Å². The predicted octanol–water partition coefficient (Wildman–Crippen LogP) is 3.25. The normalized spacial score (nSPS) is 12.5. The maximum Gasteiger partial charge on any atom is 0.305 e. The van der Waals surface area contributed by atoms with Crippen LogP contribution in [0.3, 0.4) is 0 Å². The summed E-state index contributed by atoms with van der Waals surface area (Å²) >= 11 is 0. The first-order chi connectivity index (χ1) is 21.8. The fraction of sp³-hybridized carbons (Fsp3) is 0.469. The van der Waals surface area contributed by atoms with Gasteiger partial charge in [-0.3, -0.25) is 24.2 Å². The number of hydroxylamine groups is 2. The van der Waals surface area contributed by atoms with E-state index in [4.69, 9.17) is 29.9 Å². The number of aliphatic imine (C=N–C) groups is 1. The van der Waals surface area contributed by atoms with Crippen LogP contribution >= 0.6 is 0 Å². The maximum absolute atomic E-state index is 13.1. The van der Waals surface area contributed by atoms with Gasteiger partial charge in [0, 0.05) is 42.3 Å². The van der Waals surface area contributed by atoms with Gasteiger partial charge in [0.1, 0.15) is 5.84 Å². The molecule has 0 atom stereocenters. The SMILES string of the molecule is CCCN(OCC)C(=O)C1=Cc2ccc(-c3ccc(CNC(=O)CCOCCOCCOCCC(=O)O)nc3)cc2N=C(N)C1. The van der Waals surface area contributed by atoms with E-state index in [1.807, 2.05) is 50.3 Å². The number of carboxylic acid groups (broad SMARTS) is 1. The van der Waals surface area contributed by atoms with Crippen LogP contribution in [-0.2, 0) is 40.0 Å². The third-order valence-corrected chi connectivity index (χ3v) is 6.51. The van der Waals surface area contributed by atoms with Gasteiger partial charge < -0.3 is 30.4 Å². The molecule has 2 aromatic rings. The standard InChI is InChI=1S/C32H43N5O8/c1-3-11-37(45-4-2)32(41)26-18-24-6-5-23(19-28(24)36-29(33)20-26)25-7-8-27(34-21-25)22-35-30(38)9-12-42-14-16-44-17-15-43-13-10-31(39)40/h5-8,18-19,21H,3-4,9-17,20,22H2,1-2H3,(H2,33,36)(H,35,38)(H,39,40). The molecule has 0 unspecified atom stereocenters. The summed E-state index contributed by atoms with van der Waals surface area (Å²) in [4.78, 5) is 50.3. The van der Waals surface area contributed by atoms with Crippen molar-refractivity contribution in [1.82, 2.24) is 15.4 Å². The molecule has 0 saturated carbocycles. The van der Waals surface area contributed by atoms with Crippen LogP contribution in [0.4, 0.5) is 5.69 Å². The molecule has 1 aromatic heterocycles. The van der Waals surface area contributed by atoms with Gasteiger partial charge in [0.15, 0.2) is 0 Å². The number of aromatic nitrogens is 1. The van der Waals surface area contributed by atoms with E-state index in [0.29, 0.717) is 62.4 Å². The zero-order valence-electron chi connectivity index (χ0n) is 26.0. The van der Waals surface area contributed by atoms with Crippen molar-refractivity contribution in [2.45, 2.75) is 46.1 Å². The van der Waals surface area contributed by atoms with Crippen molar-refractivity contribution >= 4 is 35.4 Å². The Hall–Kier alpha value is -4.17. The molecule has 2 heterocycles. The highest BCUT2D eigenvalue weighted by atomic mass is 16.7. The first-order valence-electron chi connectivity index (χ1n) is 15.1. The van der Waals surface area contributed by atoms with Gasteiger partial charge in [-0.05, 0) is 37.1 Å². The molecular weight excluding hydrogens is 582 g/mol. The van der Waals surface area contributed by atoms with Crippen molar-refractivity contribution in [3.8, 4) is 11.1 Å². The molecule has 45 heavy (non-hydrogen) atoms. The van der Waals surface area contributed by atoms with Gasteiger partial charge in [-0.15, -0.1) is 0 Å². The van der Waals surface area contributed by atoms with Crippen LogP contribution in [0.1, 0.15) is 50.8 Å². The van der Waals surface area contributed by atoms with E-state index in [9.17, 15) is 14.4 Å². The Morgan fingerprint density at radius 3 is 2.29 bits per heavy atom. The molecule has 0 spiro atoms. The average molecular weight is 626 g/mol. The number of rotatable bonds is 20. The van der Waals surface area contributed by atoms with E-state index >= 15 is 0 Å². The van der Waals surface area contributed by atoms with Crippen molar-refractivity contribution in [2.75, 3.05) is 52.8 Å². The van der Waals surface area contributed by atoms with Crippen molar-refractivity contribution in [1.29, 1.82) is 0 Å². The second-order valence-electron chi connectivity index (χ2n) is 10.1. The number of aliphatic carboxylic acids is 1. The lowest BCUT2D eigenvalue weighted by Crippen LogP contribution is -2.34. The molecule has 0 bridgehead atoms. The summed E-state index contributed by atoms with van der Waals surface area (Å²) in [7, 11) is 0. The quantitative estimate of drug-likeness (QED) is 0.146. The minimum absolute atomic E-state index is 0.0343. The zero-order chi connectivity index (χ0) is 32.4. The summed E-state index contributed by atoms with van der Waals surface area (Å²) in [6.07, 6.45) is 4.73. The number of carbonyl (C=O) groups excluding carboxylic acids is 2. The molecule has 13 nitrogen and oxygen atoms in total. The number of fused-ring (bicyclic) bond motifs is 1. The van der Waals surface area contributed by atoms with Gasteiger partial charge >= 0.3 is 5.97 Å². The lowest BCUT2D eigenvalue weighted by molar-refractivity contribution is -0.180. The van der Waals surface area contributed by atoms with E-state index in [0.717, 1.165) is 23.1 Å². The number of nitrogens with one attached hydrogen (secondary N) is 1. The van der Waals surface area contributed by atoms with E-state index < -0.39 is 5.97 Å². The molecule has 4 N–H and O–H groups in total. The Labute approximate surface area is 263 Å². The molecule has 0 radical (unpaired) electrons. The molecule has 13 heteroatoms. The molecule has 0 saturated heterocycles. The van der Waals surface area contributed by atoms with Crippen LogP contribution < -0.4 is 11.1 Å². The number of nitrogens with zero attached hydrogens (tertiary/aromatic N) is 3. The highest BCUT2D eigenvalue weighted by Crippen LogP contribution is 2.32. The number of carbonyl (C=O) groups is 3. The minimum Gasteiger partial charge on any atom is -0.481 e. The van der Waals surface area contributed by atoms with Crippen molar-refractivity contribution in [3.63, 3.8) is 0 Å². The van der Waals surface area contributed by atoms with E-state index in [2.05, 4.69) is 15.3 Å². The summed E-state index contributed by atoms with van der Waals surface area (Å²) < 4.78 is 15.9. The second kappa shape index (κ2) is 19.3. The van der Waals surface area contributed by atoms with Crippen LogP contribution in [0.5, 0.6) is 0 Å². The number of amidine groups is 1. The number of hydrogen-bond donors (Lipinski definition) is 3.